The molecular weight excluding hydrogens is 474 g/mol. The first-order valence-electron chi connectivity index (χ1n) is 10.9. The zero-order chi connectivity index (χ0) is 25.0. The predicted octanol–water partition coefficient (Wildman–Crippen LogP) is 4.94. The number of alkyl halides is 2. The molecule has 0 unspecified atom stereocenters. The Kier molecular flexibility index (Phi) is 7.08. The lowest BCUT2D eigenvalue weighted by atomic mass is 10.00. The smallest absolute Gasteiger partial charge is 0.265 e. The molecule has 2 aromatic carbocycles. The number of aromatic nitrogens is 1. The normalized spacial score (nSPS) is 17.3. The van der Waals surface area contributed by atoms with E-state index < -0.39 is 43.3 Å². The molecule has 2 amide bonds. The Morgan fingerprint density at radius 2 is 1.97 bits per heavy atom. The third-order valence-corrected chi connectivity index (χ3v) is 6.04. The summed E-state index contributed by atoms with van der Waals surface area (Å²) in [5, 5.41) is 14.3. The highest BCUT2D eigenvalue weighted by atomic mass is 35.5. The minimum Gasteiger partial charge on any atom is -0.343 e. The molecule has 4 rings (SSSR count). The Morgan fingerprint density at radius 3 is 2.77 bits per heavy atom. The molecule has 2 heterocycles. The summed E-state index contributed by atoms with van der Waals surface area (Å²) >= 11 is 6.03. The fraction of sp³-hybridized carbons (Fsp3) is 0.231. The van der Waals surface area contributed by atoms with Crippen molar-refractivity contribution in [2.45, 2.75) is 24.8 Å². The van der Waals surface area contributed by atoms with E-state index in [4.69, 9.17) is 11.6 Å². The highest BCUT2D eigenvalue weighted by Crippen LogP contribution is 2.30. The molecule has 178 valence electrons. The van der Waals surface area contributed by atoms with Crippen LogP contribution in [-0.4, -0.2) is 46.8 Å². The Hall–Kier alpha value is -3.83. The number of pyridine rings is 1. The highest BCUT2D eigenvalue weighted by molar-refractivity contribution is 6.31. The maximum atomic E-state index is 13.8. The maximum Gasteiger partial charge on any atom is 0.265 e. The SMILES string of the molecule is N#C[C@@H]1CCC(F)(F)CN1C(=O)CNC(=O)c1ccncc1/C=C/c1ccc2cc(Cl)ccc2c1. The van der Waals surface area contributed by atoms with Gasteiger partial charge in [-0.2, -0.15) is 5.26 Å². The number of likely N-dealkylation sites (tertiary alicyclic amines) is 1. The van der Waals surface area contributed by atoms with E-state index >= 15 is 0 Å². The number of fused-ring (bicyclic) bond motifs is 1. The summed E-state index contributed by atoms with van der Waals surface area (Å²) in [4.78, 5) is 30.2. The Balaban J connectivity index is 1.46. The van der Waals surface area contributed by atoms with Crippen molar-refractivity contribution in [1.82, 2.24) is 15.2 Å². The van der Waals surface area contributed by atoms with Gasteiger partial charge >= 0.3 is 0 Å². The van der Waals surface area contributed by atoms with Gasteiger partial charge in [-0.3, -0.25) is 14.6 Å². The first kappa shape index (κ1) is 24.3. The topological polar surface area (TPSA) is 86.1 Å². The minimum absolute atomic E-state index is 0.107. The molecule has 1 saturated heterocycles. The number of rotatable bonds is 5. The molecule has 1 aliphatic rings. The van der Waals surface area contributed by atoms with Gasteiger partial charge in [0, 0.05) is 35.0 Å². The van der Waals surface area contributed by atoms with Crippen LogP contribution in [0.15, 0.2) is 54.9 Å². The van der Waals surface area contributed by atoms with Gasteiger partial charge in [-0.05, 0) is 47.0 Å². The van der Waals surface area contributed by atoms with Crippen molar-refractivity contribution in [3.8, 4) is 6.07 Å². The second kappa shape index (κ2) is 10.2. The summed E-state index contributed by atoms with van der Waals surface area (Å²) in [7, 11) is 0. The number of nitrogens with one attached hydrogen (secondary N) is 1. The first-order chi connectivity index (χ1) is 16.8. The molecule has 0 radical (unpaired) electrons. The molecule has 1 atom stereocenters. The molecule has 1 aliphatic heterocycles. The van der Waals surface area contributed by atoms with Crippen LogP contribution in [-0.2, 0) is 4.79 Å². The lowest BCUT2D eigenvalue weighted by Crippen LogP contribution is -2.53. The quantitative estimate of drug-likeness (QED) is 0.544. The van der Waals surface area contributed by atoms with Crippen LogP contribution in [0.25, 0.3) is 22.9 Å². The Labute approximate surface area is 205 Å². The van der Waals surface area contributed by atoms with Gasteiger partial charge in [-0.25, -0.2) is 8.78 Å². The van der Waals surface area contributed by atoms with Gasteiger partial charge in [0.1, 0.15) is 6.04 Å². The van der Waals surface area contributed by atoms with E-state index in [2.05, 4.69) is 10.3 Å². The average molecular weight is 495 g/mol. The van der Waals surface area contributed by atoms with Gasteiger partial charge in [-0.15, -0.1) is 0 Å². The third kappa shape index (κ3) is 5.81. The van der Waals surface area contributed by atoms with Crippen molar-refractivity contribution in [3.05, 3.63) is 76.6 Å². The number of benzene rings is 2. The van der Waals surface area contributed by atoms with E-state index in [1.165, 1.54) is 18.5 Å². The summed E-state index contributed by atoms with van der Waals surface area (Å²) in [6.07, 6.45) is 5.98. The summed E-state index contributed by atoms with van der Waals surface area (Å²) in [5.74, 6) is -4.33. The summed E-state index contributed by atoms with van der Waals surface area (Å²) in [5.41, 5.74) is 1.70. The molecule has 0 bridgehead atoms. The summed E-state index contributed by atoms with van der Waals surface area (Å²) in [6.45, 7) is -1.33. The van der Waals surface area contributed by atoms with Gasteiger partial charge in [0.05, 0.1) is 19.2 Å². The van der Waals surface area contributed by atoms with E-state index in [-0.39, 0.29) is 12.0 Å². The molecular formula is C26H21ClF2N4O2. The number of hydrogen-bond acceptors (Lipinski definition) is 4. The third-order valence-electron chi connectivity index (χ3n) is 5.81. The molecule has 9 heteroatoms. The molecule has 1 fully saturated rings. The Bertz CT molecular complexity index is 1350. The van der Waals surface area contributed by atoms with Crippen molar-refractivity contribution < 1.29 is 18.4 Å². The monoisotopic (exact) mass is 494 g/mol. The standard InChI is InChI=1S/C26H21ClF2N4O2/c27-21-6-5-18-11-17(1-3-19(18)12-21)2-4-20-14-31-10-8-23(20)25(35)32-15-24(34)33-16-26(28,29)9-7-22(33)13-30/h1-6,8,10-12,14,22H,7,9,15-16H2,(H,32,35)/b4-2+/t22-/m0/s1. The van der Waals surface area contributed by atoms with Gasteiger partial charge in [-0.1, -0.05) is 42.0 Å². The summed E-state index contributed by atoms with van der Waals surface area (Å²) < 4.78 is 27.5. The first-order valence-corrected chi connectivity index (χ1v) is 11.3. The van der Waals surface area contributed by atoms with E-state index in [1.807, 2.05) is 48.5 Å². The van der Waals surface area contributed by atoms with E-state index in [0.29, 0.717) is 10.6 Å². The van der Waals surface area contributed by atoms with Crippen LogP contribution in [0.1, 0.15) is 34.3 Å². The second-order valence-electron chi connectivity index (χ2n) is 8.29. The van der Waals surface area contributed by atoms with Crippen LogP contribution in [0, 0.1) is 11.3 Å². The van der Waals surface area contributed by atoms with Gasteiger partial charge in [0.2, 0.25) is 5.91 Å². The van der Waals surface area contributed by atoms with Gasteiger partial charge < -0.3 is 10.2 Å². The molecule has 1 N–H and O–H groups in total. The number of carbonyl (C=O) groups is 2. The predicted molar refractivity (Wildman–Crippen MR) is 130 cm³/mol. The molecule has 1 aromatic heterocycles. The van der Waals surface area contributed by atoms with Crippen LogP contribution in [0.4, 0.5) is 8.78 Å². The lowest BCUT2D eigenvalue weighted by Gasteiger charge is -2.36. The Morgan fingerprint density at radius 1 is 1.20 bits per heavy atom. The molecule has 0 aliphatic carbocycles. The molecule has 0 spiro atoms. The maximum absolute atomic E-state index is 13.8. The number of carbonyl (C=O) groups excluding carboxylic acids is 2. The fourth-order valence-electron chi connectivity index (χ4n) is 3.96. The van der Waals surface area contributed by atoms with Crippen LogP contribution in [0.5, 0.6) is 0 Å². The largest absolute Gasteiger partial charge is 0.343 e. The minimum atomic E-state index is -3.05. The van der Waals surface area contributed by atoms with E-state index in [1.54, 1.807) is 6.08 Å². The lowest BCUT2D eigenvalue weighted by molar-refractivity contribution is -0.143. The van der Waals surface area contributed by atoms with Crippen molar-refractivity contribution in [1.29, 1.82) is 5.26 Å². The number of piperidine rings is 1. The van der Waals surface area contributed by atoms with E-state index in [9.17, 15) is 23.6 Å². The second-order valence-corrected chi connectivity index (χ2v) is 8.73. The highest BCUT2D eigenvalue weighted by Gasteiger charge is 2.42. The molecule has 6 nitrogen and oxygen atoms in total. The van der Waals surface area contributed by atoms with Crippen LogP contribution in [0.3, 0.4) is 0 Å². The fourth-order valence-corrected chi connectivity index (χ4v) is 4.14. The number of nitriles is 1. The zero-order valence-corrected chi connectivity index (χ0v) is 19.3. The van der Waals surface area contributed by atoms with Crippen molar-refractivity contribution in [3.63, 3.8) is 0 Å². The summed E-state index contributed by atoms with van der Waals surface area (Å²) in [6, 6.07) is 13.9. The number of amides is 2. The average Bonchev–Trinajstić information content (AvgIpc) is 2.85. The van der Waals surface area contributed by atoms with E-state index in [0.717, 1.165) is 21.2 Å². The number of halogens is 3. The van der Waals surface area contributed by atoms with Crippen LogP contribution >= 0.6 is 11.6 Å². The molecule has 0 saturated carbocycles. The number of nitrogens with zero attached hydrogens (tertiary/aromatic N) is 3. The van der Waals surface area contributed by atoms with Gasteiger partial charge in [0.15, 0.2) is 0 Å². The van der Waals surface area contributed by atoms with Crippen LogP contribution < -0.4 is 5.32 Å². The number of hydrogen-bond donors (Lipinski definition) is 1. The molecule has 35 heavy (non-hydrogen) atoms. The molecule has 3 aromatic rings. The zero-order valence-electron chi connectivity index (χ0n) is 18.5. The van der Waals surface area contributed by atoms with Crippen molar-refractivity contribution in [2.75, 3.05) is 13.1 Å². The van der Waals surface area contributed by atoms with Crippen molar-refractivity contribution >= 4 is 46.3 Å². The van der Waals surface area contributed by atoms with Crippen molar-refractivity contribution in [2.24, 2.45) is 0 Å². The van der Waals surface area contributed by atoms with Crippen LogP contribution in [0.2, 0.25) is 5.02 Å². The van der Waals surface area contributed by atoms with Gasteiger partial charge in [0.25, 0.3) is 11.8 Å².